The van der Waals surface area contributed by atoms with Gasteiger partial charge in [0.1, 0.15) is 7.05 Å². The predicted octanol–water partition coefficient (Wildman–Crippen LogP) is 5.17. The van der Waals surface area contributed by atoms with Gasteiger partial charge in [-0.2, -0.15) is 5.26 Å². The standard InChI is InChI=1S/C23H23N2/c1-16-7-9-19(18-5-3-4-6-18)14-22(16)23-21-10-8-17(15-24)13-20(21)11-12-25(23)2/h7-14,18H,3-6H2,1-2H3/q+1. The molecule has 2 aromatic carbocycles. The number of pyridine rings is 1. The average molecular weight is 327 g/mol. The summed E-state index contributed by atoms with van der Waals surface area (Å²) in [5.41, 5.74) is 6.03. The molecule has 1 aromatic heterocycles. The predicted molar refractivity (Wildman–Crippen MR) is 101 cm³/mol. The molecule has 3 aromatic rings. The van der Waals surface area contributed by atoms with Gasteiger partial charge in [-0.25, -0.2) is 4.57 Å². The van der Waals surface area contributed by atoms with Crippen molar-refractivity contribution in [3.05, 3.63) is 65.4 Å². The van der Waals surface area contributed by atoms with Gasteiger partial charge in [0.05, 0.1) is 17.0 Å². The van der Waals surface area contributed by atoms with Gasteiger partial charge in [0.25, 0.3) is 0 Å². The highest BCUT2D eigenvalue weighted by Crippen LogP contribution is 2.37. The maximum absolute atomic E-state index is 9.18. The Balaban J connectivity index is 1.93. The van der Waals surface area contributed by atoms with E-state index in [9.17, 15) is 5.26 Å². The number of aromatic nitrogens is 1. The molecule has 1 fully saturated rings. The van der Waals surface area contributed by atoms with E-state index in [1.807, 2.05) is 12.1 Å². The zero-order valence-electron chi connectivity index (χ0n) is 14.9. The number of benzene rings is 2. The number of hydrogen-bond donors (Lipinski definition) is 0. The van der Waals surface area contributed by atoms with Crippen molar-refractivity contribution >= 4 is 10.8 Å². The Labute approximate surface area is 149 Å². The van der Waals surface area contributed by atoms with Crippen LogP contribution in [0, 0.1) is 18.3 Å². The fourth-order valence-electron chi connectivity index (χ4n) is 4.19. The minimum Gasteiger partial charge on any atom is -0.200 e. The highest BCUT2D eigenvalue weighted by Gasteiger charge is 2.21. The number of nitriles is 1. The van der Waals surface area contributed by atoms with Crippen LogP contribution in [0.15, 0.2) is 48.7 Å². The topological polar surface area (TPSA) is 27.7 Å². The third-order valence-electron chi connectivity index (χ3n) is 5.61. The number of nitrogens with zero attached hydrogens (tertiary/aromatic N) is 2. The molecule has 1 saturated carbocycles. The third-order valence-corrected chi connectivity index (χ3v) is 5.61. The lowest BCUT2D eigenvalue weighted by atomic mass is 9.91. The first-order valence-corrected chi connectivity index (χ1v) is 9.11. The molecule has 0 amide bonds. The van der Waals surface area contributed by atoms with Crippen molar-refractivity contribution in [2.45, 2.75) is 38.5 Å². The normalized spacial score (nSPS) is 14.8. The fraction of sp³-hybridized carbons (Fsp3) is 0.304. The van der Waals surface area contributed by atoms with Gasteiger partial charge in [0.2, 0.25) is 5.69 Å². The second-order valence-corrected chi connectivity index (χ2v) is 7.24. The van der Waals surface area contributed by atoms with E-state index in [-0.39, 0.29) is 0 Å². The summed E-state index contributed by atoms with van der Waals surface area (Å²) in [6.45, 7) is 2.19. The molecular formula is C23H23N2+. The maximum Gasteiger partial charge on any atom is 0.220 e. The molecule has 0 atom stereocenters. The van der Waals surface area contributed by atoms with Crippen molar-refractivity contribution < 1.29 is 4.57 Å². The molecule has 0 saturated heterocycles. The van der Waals surface area contributed by atoms with Crippen LogP contribution in [0.3, 0.4) is 0 Å². The van der Waals surface area contributed by atoms with Crippen LogP contribution < -0.4 is 4.57 Å². The molecule has 0 unspecified atom stereocenters. The minimum absolute atomic E-state index is 0.712. The zero-order valence-corrected chi connectivity index (χ0v) is 14.9. The molecule has 1 aliphatic rings. The average Bonchev–Trinajstić information content (AvgIpc) is 3.17. The summed E-state index contributed by atoms with van der Waals surface area (Å²) in [5.74, 6) is 0.713. The summed E-state index contributed by atoms with van der Waals surface area (Å²) < 4.78 is 2.20. The molecule has 0 aliphatic heterocycles. The van der Waals surface area contributed by atoms with Gasteiger partial charge in [-0.15, -0.1) is 0 Å². The Morgan fingerprint density at radius 1 is 1.04 bits per heavy atom. The van der Waals surface area contributed by atoms with Crippen molar-refractivity contribution in [1.29, 1.82) is 5.26 Å². The molecule has 4 rings (SSSR count). The summed E-state index contributed by atoms with van der Waals surface area (Å²) >= 11 is 0. The van der Waals surface area contributed by atoms with E-state index in [1.54, 1.807) is 0 Å². The molecular weight excluding hydrogens is 304 g/mol. The van der Waals surface area contributed by atoms with Gasteiger partial charge in [0, 0.05) is 11.6 Å². The lowest BCUT2D eigenvalue weighted by Gasteiger charge is -2.14. The van der Waals surface area contributed by atoms with Crippen molar-refractivity contribution in [2.24, 2.45) is 7.05 Å². The molecule has 0 radical (unpaired) electrons. The van der Waals surface area contributed by atoms with Gasteiger partial charge in [0.15, 0.2) is 6.20 Å². The van der Waals surface area contributed by atoms with Crippen LogP contribution in [-0.2, 0) is 7.05 Å². The highest BCUT2D eigenvalue weighted by atomic mass is 14.9. The molecule has 2 heteroatoms. The Kier molecular flexibility index (Phi) is 4.01. The van der Waals surface area contributed by atoms with Crippen molar-refractivity contribution in [2.75, 3.05) is 0 Å². The monoisotopic (exact) mass is 327 g/mol. The summed E-state index contributed by atoms with van der Waals surface area (Å²) in [6.07, 6.45) is 7.44. The molecule has 0 bridgehead atoms. The van der Waals surface area contributed by atoms with Crippen LogP contribution in [0.4, 0.5) is 0 Å². The lowest BCUT2D eigenvalue weighted by molar-refractivity contribution is -0.659. The molecule has 0 N–H and O–H groups in total. The number of hydrogen-bond acceptors (Lipinski definition) is 1. The van der Waals surface area contributed by atoms with Crippen LogP contribution in [0.1, 0.15) is 48.3 Å². The van der Waals surface area contributed by atoms with E-state index < -0.39 is 0 Å². The SMILES string of the molecule is Cc1ccc(C2CCCC2)cc1-c1c2ccc(C#N)cc2cc[n+]1C. The Morgan fingerprint density at radius 3 is 2.60 bits per heavy atom. The summed E-state index contributed by atoms with van der Waals surface area (Å²) in [4.78, 5) is 0. The van der Waals surface area contributed by atoms with Crippen LogP contribution in [0.25, 0.3) is 22.0 Å². The molecule has 0 spiro atoms. The van der Waals surface area contributed by atoms with E-state index >= 15 is 0 Å². The van der Waals surface area contributed by atoms with E-state index in [1.165, 1.54) is 53.5 Å². The molecule has 1 aliphatic carbocycles. The third kappa shape index (κ3) is 2.81. The second-order valence-electron chi connectivity index (χ2n) is 7.24. The highest BCUT2D eigenvalue weighted by molar-refractivity contribution is 5.94. The maximum atomic E-state index is 9.18. The summed E-state index contributed by atoms with van der Waals surface area (Å²) in [5, 5.41) is 11.5. The fourth-order valence-corrected chi connectivity index (χ4v) is 4.19. The van der Waals surface area contributed by atoms with Gasteiger partial charge in [-0.1, -0.05) is 25.0 Å². The zero-order chi connectivity index (χ0) is 17.4. The van der Waals surface area contributed by atoms with Crippen molar-refractivity contribution in [3.8, 4) is 17.3 Å². The first-order chi connectivity index (χ1) is 12.2. The van der Waals surface area contributed by atoms with E-state index in [2.05, 4.69) is 61.1 Å². The molecule has 1 heterocycles. The Bertz CT molecular complexity index is 989. The van der Waals surface area contributed by atoms with E-state index in [0.717, 1.165) is 5.39 Å². The summed E-state index contributed by atoms with van der Waals surface area (Å²) in [7, 11) is 2.11. The van der Waals surface area contributed by atoms with Crippen LogP contribution in [0.2, 0.25) is 0 Å². The number of aryl methyl sites for hydroxylation is 2. The second kappa shape index (κ2) is 6.33. The number of fused-ring (bicyclic) bond motifs is 1. The molecule has 124 valence electrons. The first-order valence-electron chi connectivity index (χ1n) is 9.11. The van der Waals surface area contributed by atoms with Gasteiger partial charge >= 0.3 is 0 Å². The minimum atomic E-state index is 0.712. The van der Waals surface area contributed by atoms with Crippen molar-refractivity contribution in [1.82, 2.24) is 0 Å². The smallest absolute Gasteiger partial charge is 0.200 e. The quantitative estimate of drug-likeness (QED) is 0.597. The first kappa shape index (κ1) is 15.8. The van der Waals surface area contributed by atoms with E-state index in [4.69, 9.17) is 0 Å². The van der Waals surface area contributed by atoms with Crippen LogP contribution in [-0.4, -0.2) is 0 Å². The van der Waals surface area contributed by atoms with Gasteiger partial charge in [-0.3, -0.25) is 0 Å². The largest absolute Gasteiger partial charge is 0.220 e. The van der Waals surface area contributed by atoms with E-state index in [0.29, 0.717) is 11.5 Å². The molecule has 25 heavy (non-hydrogen) atoms. The van der Waals surface area contributed by atoms with Crippen LogP contribution >= 0.6 is 0 Å². The van der Waals surface area contributed by atoms with Gasteiger partial charge < -0.3 is 0 Å². The Morgan fingerprint density at radius 2 is 1.84 bits per heavy atom. The Hall–Kier alpha value is -2.66. The van der Waals surface area contributed by atoms with Crippen molar-refractivity contribution in [3.63, 3.8) is 0 Å². The molecule has 2 nitrogen and oxygen atoms in total. The summed E-state index contributed by atoms with van der Waals surface area (Å²) in [6, 6.07) is 17.3. The number of rotatable bonds is 2. The van der Waals surface area contributed by atoms with Crippen LogP contribution in [0.5, 0.6) is 0 Å². The lowest BCUT2D eigenvalue weighted by Crippen LogP contribution is -2.30. The van der Waals surface area contributed by atoms with Gasteiger partial charge in [-0.05, 0) is 66.5 Å².